The van der Waals surface area contributed by atoms with Gasteiger partial charge in [-0.25, -0.2) is 0 Å². The zero-order chi connectivity index (χ0) is 10.5. The van der Waals surface area contributed by atoms with E-state index in [0.29, 0.717) is 6.61 Å². The average Bonchev–Trinajstić information content (AvgIpc) is 2.29. The molecule has 1 heterocycles. The molecule has 82 valence electrons. The third-order valence-corrected chi connectivity index (χ3v) is 2.35. The zero-order valence-electron chi connectivity index (χ0n) is 9.03. The van der Waals surface area contributed by atoms with Crippen molar-refractivity contribution in [2.45, 2.75) is 19.4 Å². The van der Waals surface area contributed by atoms with E-state index < -0.39 is 0 Å². The molecule has 0 unspecified atom stereocenters. The molecular weight excluding hydrogens is 190 g/mol. The predicted octanol–water partition coefficient (Wildman–Crippen LogP) is 2.29. The first-order chi connectivity index (χ1) is 7.40. The highest BCUT2D eigenvalue weighted by atomic mass is 16.5. The first-order valence-corrected chi connectivity index (χ1v) is 5.47. The molecule has 0 fully saturated rings. The minimum absolute atomic E-state index is 0.131. The molecule has 1 aromatic rings. The summed E-state index contributed by atoms with van der Waals surface area (Å²) >= 11 is 0. The highest BCUT2D eigenvalue weighted by Crippen LogP contribution is 2.28. The molecule has 1 aliphatic heterocycles. The normalized spacial score (nSPS) is 18.9. The molecule has 3 heteroatoms. The van der Waals surface area contributed by atoms with Crippen LogP contribution in [0.4, 0.5) is 5.69 Å². The Labute approximate surface area is 90.4 Å². The van der Waals surface area contributed by atoms with Gasteiger partial charge in [-0.05, 0) is 18.6 Å². The molecule has 2 rings (SSSR count). The SMILES string of the molecule is CCCOC[C@@H]1CNc2ccccc2O1. The van der Waals surface area contributed by atoms with Crippen LogP contribution in [0.3, 0.4) is 0 Å². The van der Waals surface area contributed by atoms with Gasteiger partial charge in [0, 0.05) is 6.61 Å². The number of benzene rings is 1. The molecule has 0 amide bonds. The highest BCUT2D eigenvalue weighted by Gasteiger charge is 2.18. The summed E-state index contributed by atoms with van der Waals surface area (Å²) in [5, 5.41) is 3.33. The van der Waals surface area contributed by atoms with Crippen LogP contribution in [-0.4, -0.2) is 25.9 Å². The zero-order valence-corrected chi connectivity index (χ0v) is 9.03. The lowest BCUT2D eigenvalue weighted by molar-refractivity contribution is 0.0535. The average molecular weight is 207 g/mol. The van der Waals surface area contributed by atoms with E-state index in [1.165, 1.54) is 0 Å². The van der Waals surface area contributed by atoms with E-state index in [0.717, 1.165) is 31.0 Å². The summed E-state index contributed by atoms with van der Waals surface area (Å²) in [6, 6.07) is 7.99. The van der Waals surface area contributed by atoms with Crippen LogP contribution >= 0.6 is 0 Å². The standard InChI is InChI=1S/C12H17NO2/c1-2-7-14-9-10-8-13-11-5-3-4-6-12(11)15-10/h3-6,10,13H,2,7-9H2,1H3/t10-/m0/s1. The summed E-state index contributed by atoms with van der Waals surface area (Å²) < 4.78 is 11.3. The summed E-state index contributed by atoms with van der Waals surface area (Å²) in [5.74, 6) is 0.925. The Morgan fingerprint density at radius 1 is 1.47 bits per heavy atom. The molecule has 1 N–H and O–H groups in total. The summed E-state index contributed by atoms with van der Waals surface area (Å²) in [5.41, 5.74) is 1.07. The molecule has 0 aromatic heterocycles. The quantitative estimate of drug-likeness (QED) is 0.768. The number of para-hydroxylation sites is 2. The van der Waals surface area contributed by atoms with Crippen LogP contribution < -0.4 is 10.1 Å². The van der Waals surface area contributed by atoms with Crippen LogP contribution in [0.1, 0.15) is 13.3 Å². The van der Waals surface area contributed by atoms with E-state index in [-0.39, 0.29) is 6.10 Å². The lowest BCUT2D eigenvalue weighted by atomic mass is 10.2. The second-order valence-electron chi connectivity index (χ2n) is 3.69. The molecule has 1 atom stereocenters. The van der Waals surface area contributed by atoms with E-state index in [1.807, 2.05) is 24.3 Å². The smallest absolute Gasteiger partial charge is 0.143 e. The van der Waals surface area contributed by atoms with Gasteiger partial charge in [-0.3, -0.25) is 0 Å². The summed E-state index contributed by atoms with van der Waals surface area (Å²) in [6.45, 7) is 4.40. The Hall–Kier alpha value is -1.22. The molecule has 0 spiro atoms. The monoisotopic (exact) mass is 207 g/mol. The van der Waals surface area contributed by atoms with Crippen LogP contribution in [0.15, 0.2) is 24.3 Å². The molecule has 0 saturated heterocycles. The van der Waals surface area contributed by atoms with E-state index >= 15 is 0 Å². The number of nitrogens with one attached hydrogen (secondary N) is 1. The summed E-state index contributed by atoms with van der Waals surface area (Å²) in [4.78, 5) is 0. The van der Waals surface area contributed by atoms with Gasteiger partial charge in [0.25, 0.3) is 0 Å². The second-order valence-corrected chi connectivity index (χ2v) is 3.69. The lowest BCUT2D eigenvalue weighted by Gasteiger charge is -2.27. The van der Waals surface area contributed by atoms with Gasteiger partial charge in [0.1, 0.15) is 11.9 Å². The second kappa shape index (κ2) is 5.03. The molecule has 15 heavy (non-hydrogen) atoms. The van der Waals surface area contributed by atoms with Crippen LogP contribution in [0.25, 0.3) is 0 Å². The molecule has 1 aliphatic rings. The van der Waals surface area contributed by atoms with Crippen molar-refractivity contribution in [3.05, 3.63) is 24.3 Å². The topological polar surface area (TPSA) is 30.5 Å². The van der Waals surface area contributed by atoms with Crippen LogP contribution in [0, 0.1) is 0 Å². The maximum Gasteiger partial charge on any atom is 0.143 e. The Bertz CT molecular complexity index is 314. The van der Waals surface area contributed by atoms with Crippen molar-refractivity contribution in [2.24, 2.45) is 0 Å². The highest BCUT2D eigenvalue weighted by molar-refractivity contribution is 5.57. The van der Waals surface area contributed by atoms with Gasteiger partial charge in [-0.15, -0.1) is 0 Å². The van der Waals surface area contributed by atoms with Crippen molar-refractivity contribution in [1.29, 1.82) is 0 Å². The molecule has 0 bridgehead atoms. The van der Waals surface area contributed by atoms with Gasteiger partial charge >= 0.3 is 0 Å². The van der Waals surface area contributed by atoms with Crippen molar-refractivity contribution in [3.8, 4) is 5.75 Å². The molecule has 0 aliphatic carbocycles. The van der Waals surface area contributed by atoms with Crippen LogP contribution in [-0.2, 0) is 4.74 Å². The fraction of sp³-hybridized carbons (Fsp3) is 0.500. The van der Waals surface area contributed by atoms with Gasteiger partial charge < -0.3 is 14.8 Å². The Balaban J connectivity index is 1.88. The fourth-order valence-corrected chi connectivity index (χ4v) is 1.61. The van der Waals surface area contributed by atoms with Crippen molar-refractivity contribution < 1.29 is 9.47 Å². The molecule has 0 saturated carbocycles. The third-order valence-electron chi connectivity index (χ3n) is 2.35. The largest absolute Gasteiger partial charge is 0.484 e. The molecule has 0 radical (unpaired) electrons. The minimum atomic E-state index is 0.131. The third kappa shape index (κ3) is 2.63. The van der Waals surface area contributed by atoms with Crippen LogP contribution in [0.5, 0.6) is 5.75 Å². The summed E-state index contributed by atoms with van der Waals surface area (Å²) in [6.07, 6.45) is 1.18. The maximum atomic E-state index is 5.79. The predicted molar refractivity (Wildman–Crippen MR) is 60.5 cm³/mol. The first kappa shape index (κ1) is 10.3. The van der Waals surface area contributed by atoms with E-state index in [2.05, 4.69) is 12.2 Å². The number of ether oxygens (including phenoxy) is 2. The lowest BCUT2D eigenvalue weighted by Crippen LogP contribution is -2.34. The fourth-order valence-electron chi connectivity index (χ4n) is 1.61. The minimum Gasteiger partial charge on any atom is -0.484 e. The molecular formula is C12H17NO2. The van der Waals surface area contributed by atoms with Crippen molar-refractivity contribution in [2.75, 3.05) is 25.1 Å². The van der Waals surface area contributed by atoms with Gasteiger partial charge in [0.2, 0.25) is 0 Å². The van der Waals surface area contributed by atoms with E-state index in [1.54, 1.807) is 0 Å². The van der Waals surface area contributed by atoms with Crippen molar-refractivity contribution >= 4 is 5.69 Å². The van der Waals surface area contributed by atoms with E-state index in [4.69, 9.17) is 9.47 Å². The maximum absolute atomic E-state index is 5.79. The van der Waals surface area contributed by atoms with E-state index in [9.17, 15) is 0 Å². The molecule has 3 nitrogen and oxygen atoms in total. The van der Waals surface area contributed by atoms with Gasteiger partial charge in [0.15, 0.2) is 0 Å². The van der Waals surface area contributed by atoms with Crippen molar-refractivity contribution in [3.63, 3.8) is 0 Å². The summed E-state index contributed by atoms with van der Waals surface area (Å²) in [7, 11) is 0. The first-order valence-electron chi connectivity index (χ1n) is 5.47. The Kier molecular flexibility index (Phi) is 3.45. The Morgan fingerprint density at radius 2 is 2.33 bits per heavy atom. The van der Waals surface area contributed by atoms with Crippen LogP contribution in [0.2, 0.25) is 0 Å². The van der Waals surface area contributed by atoms with Gasteiger partial charge in [-0.1, -0.05) is 19.1 Å². The number of fused-ring (bicyclic) bond motifs is 1. The number of hydrogen-bond donors (Lipinski definition) is 1. The number of anilines is 1. The number of rotatable bonds is 4. The molecule has 1 aromatic carbocycles. The van der Waals surface area contributed by atoms with Crippen molar-refractivity contribution in [1.82, 2.24) is 0 Å². The van der Waals surface area contributed by atoms with Gasteiger partial charge in [-0.2, -0.15) is 0 Å². The number of hydrogen-bond acceptors (Lipinski definition) is 3. The van der Waals surface area contributed by atoms with Gasteiger partial charge in [0.05, 0.1) is 18.8 Å². The Morgan fingerprint density at radius 3 is 3.20 bits per heavy atom.